The van der Waals surface area contributed by atoms with Gasteiger partial charge in [0, 0.05) is 30.9 Å². The van der Waals surface area contributed by atoms with Gasteiger partial charge >= 0.3 is 5.89 Å². The minimum atomic E-state index is -4.47. The Labute approximate surface area is 263 Å². The third kappa shape index (κ3) is 7.82. The molecule has 2 heterocycles. The van der Waals surface area contributed by atoms with Gasteiger partial charge in [0.2, 0.25) is 11.5 Å². The summed E-state index contributed by atoms with van der Waals surface area (Å²) in [6.45, 7) is 5.80. The van der Waals surface area contributed by atoms with Gasteiger partial charge in [0.05, 0.1) is 37.2 Å². The van der Waals surface area contributed by atoms with Crippen molar-refractivity contribution in [2.45, 2.75) is 51.8 Å². The number of aromatic nitrogens is 1. The van der Waals surface area contributed by atoms with E-state index < -0.39 is 31.2 Å². The molecule has 0 saturated heterocycles. The standard InChI is InChI=1S/C33H36N2O8S2/c1-4-25(20-32-34(16-8-18-44(36,37)38)28-19-23(2)11-13-30(28)42-32)21-33-35(17-15-24(3)45(39,40)41)29-22-27(12-14-31(29)43-33)26-9-6-5-7-10-26/h5-7,9-14,19-22,24H,4,8,15-18H2,1-3H3,(H-,36,37,38,39,40,41)/p-1. The maximum Gasteiger partial charge on any atom is 0.374 e. The van der Waals surface area contributed by atoms with Crippen molar-refractivity contribution in [2.75, 3.05) is 17.2 Å². The molecule has 5 rings (SSSR count). The summed E-state index contributed by atoms with van der Waals surface area (Å²) in [4.78, 5) is 1.86. The summed E-state index contributed by atoms with van der Waals surface area (Å²) in [6, 6.07) is 21.4. The first kappa shape index (κ1) is 32.4. The summed E-state index contributed by atoms with van der Waals surface area (Å²) in [6.07, 6.45) is 4.49. The number of aryl methyl sites for hydroxylation is 2. The SMILES string of the molecule is CCC(/C=C1\Oc2ccc(C)cc2N1CCCS(=O)(=O)[O-])=C\c1oc2ccc(-c3ccccc3)cc2[n+]1CCC(C)S(=O)(=O)[O-]. The van der Waals surface area contributed by atoms with E-state index in [1.807, 2.05) is 102 Å². The normalized spacial score (nSPS) is 15.4. The Hall–Kier alpha value is -3.97. The molecule has 45 heavy (non-hydrogen) atoms. The number of fused-ring (bicyclic) bond motifs is 2. The average molecular weight is 652 g/mol. The van der Waals surface area contributed by atoms with Crippen molar-refractivity contribution in [1.82, 2.24) is 0 Å². The molecule has 4 aromatic rings. The van der Waals surface area contributed by atoms with E-state index in [0.29, 0.717) is 29.5 Å². The topological polar surface area (TPSA) is 144 Å². The van der Waals surface area contributed by atoms with Crippen LogP contribution in [0.15, 0.2) is 88.7 Å². The Balaban J connectivity index is 1.55. The highest BCUT2D eigenvalue weighted by Gasteiger charge is 2.28. The van der Waals surface area contributed by atoms with Gasteiger partial charge in [0.1, 0.15) is 0 Å². The molecule has 0 N–H and O–H groups in total. The molecular formula is C33H35N2O8S2-. The Morgan fingerprint density at radius 1 is 1.00 bits per heavy atom. The number of ether oxygens (including phenoxy) is 1. The van der Waals surface area contributed by atoms with Crippen LogP contribution in [0.4, 0.5) is 5.69 Å². The fourth-order valence-corrected chi connectivity index (χ4v) is 6.09. The largest absolute Gasteiger partial charge is 0.748 e. The average Bonchev–Trinajstić information content (AvgIpc) is 3.50. The minimum Gasteiger partial charge on any atom is -0.748 e. The summed E-state index contributed by atoms with van der Waals surface area (Å²) in [5, 5.41) is -1.09. The van der Waals surface area contributed by atoms with Crippen molar-refractivity contribution < 1.29 is 39.7 Å². The van der Waals surface area contributed by atoms with Gasteiger partial charge in [-0.3, -0.25) is 0 Å². The lowest BCUT2D eigenvalue weighted by molar-refractivity contribution is -0.678. The summed E-state index contributed by atoms with van der Waals surface area (Å²) in [7, 11) is -8.83. The van der Waals surface area contributed by atoms with E-state index in [1.54, 1.807) is 0 Å². The molecule has 0 radical (unpaired) electrons. The zero-order chi connectivity index (χ0) is 32.4. The number of anilines is 1. The molecule has 1 atom stereocenters. The first-order valence-electron chi connectivity index (χ1n) is 14.7. The molecule has 0 bridgehead atoms. The summed E-state index contributed by atoms with van der Waals surface area (Å²) in [5.41, 5.74) is 5.91. The molecule has 1 unspecified atom stereocenters. The van der Waals surface area contributed by atoms with E-state index in [-0.39, 0.29) is 25.9 Å². The molecule has 0 fully saturated rings. The molecule has 0 amide bonds. The van der Waals surface area contributed by atoms with E-state index in [9.17, 15) is 25.9 Å². The van der Waals surface area contributed by atoms with Gasteiger partial charge in [0.15, 0.2) is 12.3 Å². The van der Waals surface area contributed by atoms with E-state index in [1.165, 1.54) is 6.92 Å². The Kier molecular flexibility index (Phi) is 9.49. The fourth-order valence-electron chi connectivity index (χ4n) is 5.22. The first-order valence-corrected chi connectivity index (χ1v) is 17.8. The third-order valence-corrected chi connectivity index (χ3v) is 9.79. The van der Waals surface area contributed by atoms with Gasteiger partial charge in [-0.1, -0.05) is 49.4 Å². The highest BCUT2D eigenvalue weighted by atomic mass is 32.2. The van der Waals surface area contributed by atoms with Gasteiger partial charge in [-0.15, -0.1) is 0 Å². The second kappa shape index (κ2) is 13.2. The van der Waals surface area contributed by atoms with Crippen molar-refractivity contribution in [3.05, 3.63) is 95.7 Å². The molecule has 1 aromatic heterocycles. The number of rotatable bonds is 12. The van der Waals surface area contributed by atoms with Crippen molar-refractivity contribution in [3.8, 4) is 16.9 Å². The lowest BCUT2D eigenvalue weighted by atomic mass is 10.1. The second-order valence-electron chi connectivity index (χ2n) is 11.1. The number of allylic oxidation sites excluding steroid dienone is 2. The smallest absolute Gasteiger partial charge is 0.374 e. The van der Waals surface area contributed by atoms with Crippen molar-refractivity contribution in [1.29, 1.82) is 0 Å². The Bertz CT molecular complexity index is 1980. The van der Waals surface area contributed by atoms with E-state index in [2.05, 4.69) is 0 Å². The lowest BCUT2D eigenvalue weighted by Gasteiger charge is -2.19. The highest BCUT2D eigenvalue weighted by molar-refractivity contribution is 7.86. The minimum absolute atomic E-state index is 0.0955. The van der Waals surface area contributed by atoms with Gasteiger partial charge in [-0.2, -0.15) is 4.57 Å². The summed E-state index contributed by atoms with van der Waals surface area (Å²) >= 11 is 0. The quantitative estimate of drug-likeness (QED) is 0.143. The van der Waals surface area contributed by atoms with Crippen LogP contribution >= 0.6 is 0 Å². The van der Waals surface area contributed by atoms with Crippen LogP contribution < -0.4 is 14.2 Å². The van der Waals surface area contributed by atoms with Crippen LogP contribution in [0.5, 0.6) is 5.75 Å². The number of benzene rings is 3. The molecule has 0 spiro atoms. The van der Waals surface area contributed by atoms with Crippen LogP contribution in [0.1, 0.15) is 44.6 Å². The Morgan fingerprint density at radius 2 is 1.76 bits per heavy atom. The summed E-state index contributed by atoms with van der Waals surface area (Å²) < 4.78 is 83.3. The van der Waals surface area contributed by atoms with Crippen LogP contribution in [0, 0.1) is 6.92 Å². The number of hydrogen-bond acceptors (Lipinski definition) is 9. The van der Waals surface area contributed by atoms with Crippen LogP contribution in [-0.4, -0.2) is 43.5 Å². The van der Waals surface area contributed by atoms with Crippen LogP contribution in [0.2, 0.25) is 0 Å². The number of hydrogen-bond donors (Lipinski definition) is 0. The van der Waals surface area contributed by atoms with Crippen molar-refractivity contribution in [3.63, 3.8) is 0 Å². The maximum absolute atomic E-state index is 11.7. The predicted molar refractivity (Wildman–Crippen MR) is 170 cm³/mol. The van der Waals surface area contributed by atoms with Gasteiger partial charge < -0.3 is 23.2 Å². The van der Waals surface area contributed by atoms with Crippen LogP contribution in [-0.2, 0) is 26.8 Å². The molecule has 0 aliphatic carbocycles. The van der Waals surface area contributed by atoms with Gasteiger partial charge in [-0.25, -0.2) is 16.8 Å². The number of oxazole rings is 1. The van der Waals surface area contributed by atoms with Crippen LogP contribution in [0.3, 0.4) is 0 Å². The van der Waals surface area contributed by atoms with E-state index >= 15 is 0 Å². The molecule has 238 valence electrons. The zero-order valence-corrected chi connectivity index (χ0v) is 26.9. The summed E-state index contributed by atoms with van der Waals surface area (Å²) in [5.74, 6) is 1.07. The molecule has 1 aliphatic rings. The van der Waals surface area contributed by atoms with Gasteiger partial charge in [-0.05, 0) is 67.2 Å². The molecule has 10 nitrogen and oxygen atoms in total. The van der Waals surface area contributed by atoms with E-state index in [0.717, 1.165) is 33.5 Å². The molecule has 12 heteroatoms. The zero-order valence-electron chi connectivity index (χ0n) is 25.3. The fraction of sp³-hybridized carbons (Fsp3) is 0.303. The highest BCUT2D eigenvalue weighted by Crippen LogP contribution is 2.40. The molecule has 3 aromatic carbocycles. The van der Waals surface area contributed by atoms with Crippen molar-refractivity contribution in [2.24, 2.45) is 0 Å². The predicted octanol–water partition coefficient (Wildman–Crippen LogP) is 5.49. The number of nitrogens with zero attached hydrogens (tertiary/aromatic N) is 2. The van der Waals surface area contributed by atoms with Gasteiger partial charge in [0.25, 0.3) is 5.52 Å². The third-order valence-electron chi connectivity index (χ3n) is 7.78. The van der Waals surface area contributed by atoms with E-state index in [4.69, 9.17) is 9.15 Å². The maximum atomic E-state index is 11.7. The lowest BCUT2D eigenvalue weighted by Crippen LogP contribution is -2.37. The van der Waals surface area contributed by atoms with Crippen molar-refractivity contribution >= 4 is 43.1 Å². The van der Waals surface area contributed by atoms with Crippen LogP contribution in [0.25, 0.3) is 28.3 Å². The molecular weight excluding hydrogens is 617 g/mol. The molecule has 0 saturated carbocycles. The monoisotopic (exact) mass is 651 g/mol. The second-order valence-corrected chi connectivity index (χ2v) is 14.4. The Morgan fingerprint density at radius 3 is 2.44 bits per heavy atom. The first-order chi connectivity index (χ1) is 21.3. The molecule has 1 aliphatic heterocycles.